The van der Waals surface area contributed by atoms with Gasteiger partial charge in [-0.3, -0.25) is 9.59 Å². The molecule has 2 aromatic carbocycles. The molecule has 0 aliphatic carbocycles. The first-order valence-electron chi connectivity index (χ1n) is 9.13. The van der Waals surface area contributed by atoms with Crippen molar-refractivity contribution in [3.8, 4) is 11.4 Å². The summed E-state index contributed by atoms with van der Waals surface area (Å²) in [5, 5.41) is 11.2. The molecule has 1 N–H and O–H groups in total. The van der Waals surface area contributed by atoms with Crippen molar-refractivity contribution in [1.29, 1.82) is 0 Å². The lowest BCUT2D eigenvalue weighted by Crippen LogP contribution is -2.25. The first-order valence-corrected chi connectivity index (χ1v) is 9.13. The van der Waals surface area contributed by atoms with Crippen LogP contribution in [0.2, 0.25) is 0 Å². The van der Waals surface area contributed by atoms with Gasteiger partial charge < -0.3 is 14.8 Å². The van der Waals surface area contributed by atoms with Crippen molar-refractivity contribution in [3.63, 3.8) is 0 Å². The molecule has 2 amide bonds. The van der Waals surface area contributed by atoms with E-state index < -0.39 is 0 Å². The topological polar surface area (TPSA) is 80.1 Å². The number of amides is 2. The minimum Gasteiger partial charge on any atom is -0.322 e. The first kappa shape index (κ1) is 17.9. The van der Waals surface area contributed by atoms with E-state index in [0.29, 0.717) is 17.8 Å². The van der Waals surface area contributed by atoms with E-state index >= 15 is 0 Å². The summed E-state index contributed by atoms with van der Waals surface area (Å²) in [7, 11) is 1.91. The fourth-order valence-corrected chi connectivity index (χ4v) is 3.47. The Morgan fingerprint density at radius 3 is 2.64 bits per heavy atom. The molecule has 1 aliphatic heterocycles. The van der Waals surface area contributed by atoms with Gasteiger partial charge in [-0.15, -0.1) is 10.2 Å². The van der Waals surface area contributed by atoms with Gasteiger partial charge >= 0.3 is 0 Å². The molecule has 0 unspecified atom stereocenters. The maximum absolute atomic E-state index is 12.7. The van der Waals surface area contributed by atoms with Gasteiger partial charge in [-0.1, -0.05) is 12.1 Å². The lowest BCUT2D eigenvalue weighted by molar-refractivity contribution is -0.116. The number of hydrogen-bond donors (Lipinski definition) is 1. The molecule has 0 fully saturated rings. The smallest absolute Gasteiger partial charge is 0.255 e. The van der Waals surface area contributed by atoms with Crippen molar-refractivity contribution < 1.29 is 9.59 Å². The molecule has 0 spiro atoms. The lowest BCUT2D eigenvalue weighted by Gasteiger charge is -2.15. The molecule has 0 saturated heterocycles. The number of aryl methyl sites for hydroxylation is 1. The standard InChI is InChI=1S/C21H21N5O2/c1-13-23-24-20(25(13)3)16-5-4-6-18(12-16)22-21(28)17-7-8-19-15(11-17)9-10-26(19)14(2)27/h4-8,11-12H,9-10H2,1-3H3,(H,22,28). The van der Waals surface area contributed by atoms with E-state index in [2.05, 4.69) is 15.5 Å². The summed E-state index contributed by atoms with van der Waals surface area (Å²) in [5.74, 6) is 1.40. The van der Waals surface area contributed by atoms with Gasteiger partial charge in [-0.25, -0.2) is 0 Å². The number of nitrogens with one attached hydrogen (secondary N) is 1. The molecular formula is C21H21N5O2. The van der Waals surface area contributed by atoms with E-state index in [-0.39, 0.29) is 11.8 Å². The molecule has 4 rings (SSSR count). The third-order valence-corrected chi connectivity index (χ3v) is 5.09. The Bertz CT molecular complexity index is 1090. The Hall–Kier alpha value is -3.48. The van der Waals surface area contributed by atoms with E-state index in [1.807, 2.05) is 54.9 Å². The Labute approximate surface area is 163 Å². The molecule has 7 heteroatoms. The average Bonchev–Trinajstić information content (AvgIpc) is 3.25. The normalized spacial score (nSPS) is 12.8. The molecular weight excluding hydrogens is 354 g/mol. The molecule has 1 aliphatic rings. The van der Waals surface area contributed by atoms with Gasteiger partial charge in [0.25, 0.3) is 5.91 Å². The number of carbonyl (C=O) groups is 2. The number of aromatic nitrogens is 3. The monoisotopic (exact) mass is 375 g/mol. The third kappa shape index (κ3) is 3.15. The van der Waals surface area contributed by atoms with Crippen LogP contribution in [0.25, 0.3) is 11.4 Å². The van der Waals surface area contributed by atoms with Crippen LogP contribution in [-0.2, 0) is 18.3 Å². The minimum atomic E-state index is -0.185. The second-order valence-corrected chi connectivity index (χ2v) is 6.93. The van der Waals surface area contributed by atoms with Crippen molar-refractivity contribution in [2.24, 2.45) is 7.05 Å². The summed E-state index contributed by atoms with van der Waals surface area (Å²) in [6.45, 7) is 4.11. The van der Waals surface area contributed by atoms with E-state index in [1.54, 1.807) is 17.9 Å². The predicted molar refractivity (Wildman–Crippen MR) is 107 cm³/mol. The summed E-state index contributed by atoms with van der Waals surface area (Å²) in [5.41, 5.74) is 4.06. The Balaban J connectivity index is 1.56. The molecule has 0 saturated carbocycles. The van der Waals surface area contributed by atoms with Gasteiger partial charge in [-0.05, 0) is 49.2 Å². The summed E-state index contributed by atoms with van der Waals surface area (Å²) in [6.07, 6.45) is 0.761. The predicted octanol–water partition coefficient (Wildman–Crippen LogP) is 2.95. The summed E-state index contributed by atoms with van der Waals surface area (Å²) in [4.78, 5) is 26.1. The molecule has 7 nitrogen and oxygen atoms in total. The SMILES string of the molecule is CC(=O)N1CCc2cc(C(=O)Nc3cccc(-c4nnc(C)n4C)c3)ccc21. The Kier molecular flexibility index (Phi) is 4.43. The van der Waals surface area contributed by atoms with Gasteiger partial charge in [0.1, 0.15) is 5.82 Å². The van der Waals surface area contributed by atoms with Crippen LogP contribution in [0.15, 0.2) is 42.5 Å². The van der Waals surface area contributed by atoms with Crippen LogP contribution in [0, 0.1) is 6.92 Å². The maximum atomic E-state index is 12.7. The van der Waals surface area contributed by atoms with Gasteiger partial charge in [0.05, 0.1) is 0 Å². The summed E-state index contributed by atoms with van der Waals surface area (Å²) >= 11 is 0. The highest BCUT2D eigenvalue weighted by Gasteiger charge is 2.23. The van der Waals surface area contributed by atoms with Gasteiger partial charge in [0.2, 0.25) is 5.91 Å². The molecule has 28 heavy (non-hydrogen) atoms. The number of benzene rings is 2. The Morgan fingerprint density at radius 1 is 1.11 bits per heavy atom. The van der Waals surface area contributed by atoms with Crippen LogP contribution >= 0.6 is 0 Å². The highest BCUT2D eigenvalue weighted by atomic mass is 16.2. The number of fused-ring (bicyclic) bond motifs is 1. The molecule has 3 aromatic rings. The van der Waals surface area contributed by atoms with E-state index in [4.69, 9.17) is 0 Å². The van der Waals surface area contributed by atoms with Gasteiger partial charge in [0, 0.05) is 43.0 Å². The maximum Gasteiger partial charge on any atom is 0.255 e. The van der Waals surface area contributed by atoms with Crippen molar-refractivity contribution in [2.45, 2.75) is 20.3 Å². The minimum absolute atomic E-state index is 0.0202. The molecule has 0 atom stereocenters. The van der Waals surface area contributed by atoms with E-state index in [0.717, 1.165) is 34.9 Å². The zero-order chi connectivity index (χ0) is 19.8. The third-order valence-electron chi connectivity index (χ3n) is 5.09. The average molecular weight is 375 g/mol. The number of anilines is 2. The zero-order valence-electron chi connectivity index (χ0n) is 16.1. The number of carbonyl (C=O) groups excluding carboxylic acids is 2. The van der Waals surface area contributed by atoms with Crippen LogP contribution in [0.1, 0.15) is 28.7 Å². The molecule has 2 heterocycles. The number of nitrogens with zero attached hydrogens (tertiary/aromatic N) is 4. The second kappa shape index (κ2) is 6.92. The second-order valence-electron chi connectivity index (χ2n) is 6.93. The van der Waals surface area contributed by atoms with Crippen molar-refractivity contribution >= 4 is 23.2 Å². The highest BCUT2D eigenvalue weighted by molar-refractivity contribution is 6.05. The van der Waals surface area contributed by atoms with Crippen molar-refractivity contribution in [3.05, 3.63) is 59.4 Å². The van der Waals surface area contributed by atoms with Crippen LogP contribution in [-0.4, -0.2) is 33.1 Å². The number of hydrogen-bond acceptors (Lipinski definition) is 4. The summed E-state index contributed by atoms with van der Waals surface area (Å²) in [6, 6.07) is 13.0. The molecule has 0 bridgehead atoms. The molecule has 1 aromatic heterocycles. The lowest BCUT2D eigenvalue weighted by atomic mass is 10.1. The van der Waals surface area contributed by atoms with Crippen LogP contribution in [0.5, 0.6) is 0 Å². The zero-order valence-corrected chi connectivity index (χ0v) is 16.1. The van der Waals surface area contributed by atoms with Crippen LogP contribution in [0.3, 0.4) is 0 Å². The quantitative estimate of drug-likeness (QED) is 0.763. The molecule has 142 valence electrons. The van der Waals surface area contributed by atoms with Crippen LogP contribution < -0.4 is 10.2 Å². The van der Waals surface area contributed by atoms with E-state index in [1.165, 1.54) is 0 Å². The van der Waals surface area contributed by atoms with Crippen LogP contribution in [0.4, 0.5) is 11.4 Å². The number of rotatable bonds is 3. The first-order chi connectivity index (χ1) is 13.4. The fraction of sp³-hybridized carbons (Fsp3) is 0.238. The Morgan fingerprint density at radius 2 is 1.93 bits per heavy atom. The molecule has 0 radical (unpaired) electrons. The largest absolute Gasteiger partial charge is 0.322 e. The van der Waals surface area contributed by atoms with Gasteiger partial charge in [-0.2, -0.15) is 0 Å². The van der Waals surface area contributed by atoms with Crippen molar-refractivity contribution in [2.75, 3.05) is 16.8 Å². The fourth-order valence-electron chi connectivity index (χ4n) is 3.47. The summed E-state index contributed by atoms with van der Waals surface area (Å²) < 4.78 is 1.90. The highest BCUT2D eigenvalue weighted by Crippen LogP contribution is 2.29. The van der Waals surface area contributed by atoms with E-state index in [9.17, 15) is 9.59 Å². The van der Waals surface area contributed by atoms with Crippen molar-refractivity contribution in [1.82, 2.24) is 14.8 Å². The van der Waals surface area contributed by atoms with Gasteiger partial charge in [0.15, 0.2) is 5.82 Å².